The number of aryl methyl sites for hydroxylation is 2. The maximum atomic E-state index is 13.2. The molecule has 0 fully saturated rings. The molecular weight excluding hydrogens is 742 g/mol. The molecule has 0 saturated carbocycles. The molecule has 274 valence electrons. The van der Waals surface area contributed by atoms with Crippen LogP contribution in [0.1, 0.15) is 23.1 Å². The number of hydrogen-bond acceptors (Lipinski definition) is 17. The van der Waals surface area contributed by atoms with Crippen molar-refractivity contribution >= 4 is 61.6 Å². The Hall–Kier alpha value is -5.88. The molecule has 0 radical (unpaired) electrons. The minimum Gasteiger partial charge on any atom is -0.481 e. The van der Waals surface area contributed by atoms with Crippen molar-refractivity contribution < 1.29 is 50.2 Å². The number of carbonyl (C=O) groups is 3. The SMILES string of the molecule is CCOC(=O)c1cnn(C)c1S(=O)(=O)N(C(N)=O)c1nc(OC)cc(OC)n1.COc1nc(C)nc(NC(=O)NS(=O)(=O)c2ccccc2Cl)n1. The highest BCUT2D eigenvalue weighted by atomic mass is 35.5. The fourth-order valence-electron chi connectivity index (χ4n) is 3.76. The number of benzene rings is 1. The zero-order valence-corrected chi connectivity index (χ0v) is 29.9. The van der Waals surface area contributed by atoms with Gasteiger partial charge in [-0.2, -0.15) is 38.4 Å². The number of nitrogens with zero attached hydrogens (tertiary/aromatic N) is 8. The Morgan fingerprint density at radius 2 is 1.59 bits per heavy atom. The second-order valence-electron chi connectivity index (χ2n) is 9.25. The summed E-state index contributed by atoms with van der Waals surface area (Å²) in [5, 5.41) is 5.31. The van der Waals surface area contributed by atoms with Crippen molar-refractivity contribution in [2.24, 2.45) is 12.8 Å². The van der Waals surface area contributed by atoms with Crippen LogP contribution in [0.15, 0.2) is 46.5 Å². The number of rotatable bonds is 11. The van der Waals surface area contributed by atoms with Gasteiger partial charge in [0.2, 0.25) is 17.7 Å². The summed E-state index contributed by atoms with van der Waals surface area (Å²) >= 11 is 5.81. The second kappa shape index (κ2) is 16.7. The van der Waals surface area contributed by atoms with Gasteiger partial charge in [0.1, 0.15) is 16.3 Å². The number of ether oxygens (including phenoxy) is 4. The van der Waals surface area contributed by atoms with E-state index in [1.54, 1.807) is 19.9 Å². The maximum absolute atomic E-state index is 13.2. The van der Waals surface area contributed by atoms with Crippen LogP contribution in [0.25, 0.3) is 0 Å². The monoisotopic (exact) mass is 771 g/mol. The lowest BCUT2D eigenvalue weighted by Gasteiger charge is -2.19. The second-order valence-corrected chi connectivity index (χ2v) is 13.0. The number of carbonyl (C=O) groups excluding carboxylic acids is 3. The molecule has 22 nitrogen and oxygen atoms in total. The third kappa shape index (κ3) is 9.64. The molecule has 0 unspecified atom stereocenters. The first-order valence-electron chi connectivity index (χ1n) is 13.8. The van der Waals surface area contributed by atoms with Crippen LogP contribution in [-0.2, 0) is 31.8 Å². The predicted molar refractivity (Wildman–Crippen MR) is 175 cm³/mol. The minimum atomic E-state index is -4.76. The molecule has 0 saturated heterocycles. The molecule has 4 amide bonds. The maximum Gasteiger partial charge on any atom is 0.342 e. The molecule has 51 heavy (non-hydrogen) atoms. The molecule has 4 aromatic rings. The van der Waals surface area contributed by atoms with Gasteiger partial charge in [0.05, 0.1) is 45.2 Å². The zero-order chi connectivity index (χ0) is 38.1. The molecule has 0 aliphatic rings. The van der Waals surface area contributed by atoms with Crippen molar-refractivity contribution in [2.45, 2.75) is 23.8 Å². The van der Waals surface area contributed by atoms with Gasteiger partial charge in [-0.05, 0) is 26.0 Å². The Morgan fingerprint density at radius 1 is 0.961 bits per heavy atom. The van der Waals surface area contributed by atoms with E-state index in [1.165, 1.54) is 52.6 Å². The Morgan fingerprint density at radius 3 is 2.14 bits per heavy atom. The van der Waals surface area contributed by atoms with Crippen LogP contribution in [0.2, 0.25) is 5.02 Å². The average Bonchev–Trinajstić information content (AvgIpc) is 3.46. The number of anilines is 2. The summed E-state index contributed by atoms with van der Waals surface area (Å²) in [5.74, 6) is -1.61. The van der Waals surface area contributed by atoms with E-state index >= 15 is 0 Å². The zero-order valence-electron chi connectivity index (χ0n) is 27.5. The molecule has 0 atom stereocenters. The molecule has 0 bridgehead atoms. The fraction of sp³-hybridized carbons (Fsp3) is 0.269. The smallest absolute Gasteiger partial charge is 0.342 e. The van der Waals surface area contributed by atoms with Gasteiger partial charge in [0.15, 0.2) is 5.03 Å². The van der Waals surface area contributed by atoms with Gasteiger partial charge in [-0.3, -0.25) is 10.00 Å². The molecule has 0 aliphatic carbocycles. The van der Waals surface area contributed by atoms with Crippen LogP contribution >= 0.6 is 11.6 Å². The highest BCUT2D eigenvalue weighted by Gasteiger charge is 2.39. The van der Waals surface area contributed by atoms with E-state index in [2.05, 4.69) is 35.3 Å². The number of amides is 4. The van der Waals surface area contributed by atoms with Gasteiger partial charge >= 0.3 is 24.0 Å². The van der Waals surface area contributed by atoms with Crippen molar-refractivity contribution in [2.75, 3.05) is 37.6 Å². The largest absolute Gasteiger partial charge is 0.481 e. The van der Waals surface area contributed by atoms with Gasteiger partial charge in [0, 0.05) is 7.05 Å². The minimum absolute atomic E-state index is 0.00292. The molecular formula is C26H30ClN11O11S2. The first-order valence-corrected chi connectivity index (χ1v) is 17.1. The topological polar surface area (TPSA) is 292 Å². The van der Waals surface area contributed by atoms with Crippen LogP contribution in [-0.4, -0.2) is 97.5 Å². The van der Waals surface area contributed by atoms with E-state index in [9.17, 15) is 31.2 Å². The Kier molecular flexibility index (Phi) is 12.9. The molecule has 3 heterocycles. The van der Waals surface area contributed by atoms with Crippen molar-refractivity contribution in [3.05, 3.63) is 52.9 Å². The van der Waals surface area contributed by atoms with E-state index in [4.69, 9.17) is 36.3 Å². The van der Waals surface area contributed by atoms with Crippen LogP contribution < -0.4 is 34.3 Å². The number of methoxy groups -OCH3 is 3. The Balaban J connectivity index is 0.000000281. The van der Waals surface area contributed by atoms with Crippen LogP contribution in [0, 0.1) is 6.92 Å². The lowest BCUT2D eigenvalue weighted by atomic mass is 10.4. The number of esters is 1. The number of urea groups is 2. The number of hydrogen-bond donors (Lipinski definition) is 3. The fourth-order valence-corrected chi connectivity index (χ4v) is 6.68. The molecule has 0 aliphatic heterocycles. The van der Waals surface area contributed by atoms with Crippen molar-refractivity contribution in [3.63, 3.8) is 0 Å². The van der Waals surface area contributed by atoms with Gasteiger partial charge < -0.3 is 24.7 Å². The van der Waals surface area contributed by atoms with Crippen molar-refractivity contribution in [1.29, 1.82) is 0 Å². The number of nitrogens with one attached hydrogen (secondary N) is 2. The summed E-state index contributed by atoms with van der Waals surface area (Å²) in [5.41, 5.74) is 4.90. The first-order chi connectivity index (χ1) is 24.0. The third-order valence-electron chi connectivity index (χ3n) is 5.82. The number of nitrogens with two attached hydrogens (primary N) is 1. The summed E-state index contributed by atoms with van der Waals surface area (Å²) in [4.78, 5) is 54.9. The third-order valence-corrected chi connectivity index (χ3v) is 9.45. The summed E-state index contributed by atoms with van der Waals surface area (Å²) in [7, 11) is -3.74. The van der Waals surface area contributed by atoms with Crippen LogP contribution in [0.3, 0.4) is 0 Å². The van der Waals surface area contributed by atoms with Crippen LogP contribution in [0.4, 0.5) is 21.5 Å². The first kappa shape index (κ1) is 39.6. The van der Waals surface area contributed by atoms with E-state index in [0.717, 1.165) is 10.9 Å². The standard InChI is InChI=1S/C14H18N6O7S.C12H12ClN5O4S/c1-5-27-12(21)8-7-16-19(2)11(8)28(23,24)20(13(15)22)14-17-9(25-3)6-10(18-14)26-4;1-7-14-10(17-12(15-7)22-2)16-11(19)18-23(20,21)9-6-4-3-5-8(9)13/h6-7H,5H2,1-4H3,(H2,15,22);3-6H,1-2H3,(H2,14,15,16,17,18,19). The predicted octanol–water partition coefficient (Wildman–Crippen LogP) is 1.03. The summed E-state index contributed by atoms with van der Waals surface area (Å²) < 4.78 is 73.0. The highest BCUT2D eigenvalue weighted by molar-refractivity contribution is 7.93. The van der Waals surface area contributed by atoms with Crippen molar-refractivity contribution in [1.82, 2.24) is 39.4 Å². The molecule has 0 spiro atoms. The van der Waals surface area contributed by atoms with E-state index in [0.29, 0.717) is 5.82 Å². The number of sulfonamides is 2. The lowest BCUT2D eigenvalue weighted by Crippen LogP contribution is -2.43. The van der Waals surface area contributed by atoms with Gasteiger partial charge in [0.25, 0.3) is 26.0 Å². The average molecular weight is 772 g/mol. The molecule has 1 aromatic carbocycles. The van der Waals surface area contributed by atoms with Gasteiger partial charge in [-0.1, -0.05) is 23.7 Å². The number of halogens is 1. The lowest BCUT2D eigenvalue weighted by molar-refractivity contribution is 0.0521. The summed E-state index contributed by atoms with van der Waals surface area (Å²) in [6, 6.07) is 4.51. The molecule has 4 rings (SSSR count). The van der Waals surface area contributed by atoms with E-state index in [-0.39, 0.29) is 50.1 Å². The number of primary amides is 1. The molecule has 4 N–H and O–H groups in total. The molecule has 25 heteroatoms. The normalized spacial score (nSPS) is 11.0. The van der Waals surface area contributed by atoms with Crippen molar-refractivity contribution in [3.8, 4) is 17.8 Å². The highest BCUT2D eigenvalue weighted by Crippen LogP contribution is 2.27. The Bertz CT molecular complexity index is 2130. The quantitative estimate of drug-likeness (QED) is 0.179. The number of aromatic nitrogens is 7. The Labute approximate surface area is 295 Å². The van der Waals surface area contributed by atoms with E-state index < -0.39 is 49.1 Å². The van der Waals surface area contributed by atoms with Gasteiger partial charge in [-0.15, -0.1) is 4.31 Å². The summed E-state index contributed by atoms with van der Waals surface area (Å²) in [6.45, 7) is 3.12. The van der Waals surface area contributed by atoms with Gasteiger partial charge in [-0.25, -0.2) is 27.5 Å². The van der Waals surface area contributed by atoms with Crippen LogP contribution in [0.5, 0.6) is 17.8 Å². The van der Waals surface area contributed by atoms with E-state index in [1.807, 2.05) is 4.72 Å². The summed E-state index contributed by atoms with van der Waals surface area (Å²) in [6.07, 6.45) is 0.997. The molecule has 3 aromatic heterocycles.